The maximum Gasteiger partial charge on any atom is 0.247 e. The molecule has 1 aliphatic carbocycles. The smallest absolute Gasteiger partial charge is 0.247 e. The number of nitrogens with zero attached hydrogens (tertiary/aromatic N) is 1. The van der Waals surface area contributed by atoms with Gasteiger partial charge in [-0.3, -0.25) is 0 Å². The Morgan fingerprint density at radius 2 is 2.19 bits per heavy atom. The fraction of sp³-hybridized carbons (Fsp3) is 0.467. The number of hydrogen-bond acceptors (Lipinski definition) is 4. The average Bonchev–Trinajstić information content (AvgIpc) is 3.30. The highest BCUT2D eigenvalue weighted by molar-refractivity contribution is 7.89. The predicted molar refractivity (Wildman–Crippen MR) is 81.2 cm³/mol. The summed E-state index contributed by atoms with van der Waals surface area (Å²) >= 11 is 0. The second-order valence-electron chi connectivity index (χ2n) is 5.13. The topological polar surface area (TPSA) is 72.6 Å². The van der Waals surface area contributed by atoms with Crippen LogP contribution in [0.2, 0.25) is 0 Å². The maximum atomic E-state index is 12.8. The third kappa shape index (κ3) is 3.56. The minimum atomic E-state index is -3.68. The lowest BCUT2D eigenvalue weighted by atomic mass is 10.2. The van der Waals surface area contributed by atoms with Crippen LogP contribution in [0.25, 0.3) is 0 Å². The van der Waals surface area contributed by atoms with Crippen molar-refractivity contribution in [1.82, 2.24) is 4.31 Å². The van der Waals surface area contributed by atoms with Gasteiger partial charge < -0.3 is 10.5 Å². The number of methoxy groups -OCH3 is 1. The van der Waals surface area contributed by atoms with Gasteiger partial charge in [0.2, 0.25) is 10.0 Å². The van der Waals surface area contributed by atoms with Crippen molar-refractivity contribution in [2.24, 2.45) is 11.7 Å². The van der Waals surface area contributed by atoms with Crippen LogP contribution in [0.1, 0.15) is 18.4 Å². The van der Waals surface area contributed by atoms with Crippen molar-refractivity contribution in [3.8, 4) is 18.1 Å². The van der Waals surface area contributed by atoms with Gasteiger partial charge in [0.05, 0.1) is 13.7 Å². The standard InChI is InChI=1S/C15H20N2O3S/c1-3-8-17(11-12-4-5-12)21(18,19)15-9-13(10-16)6-7-14(15)20-2/h1,6-7,9,12H,4-5,8,10-11,16H2,2H3. The molecule has 1 aromatic rings. The minimum Gasteiger partial charge on any atom is -0.495 e. The quantitative estimate of drug-likeness (QED) is 0.768. The first kappa shape index (κ1) is 15.8. The van der Waals surface area contributed by atoms with Crippen molar-refractivity contribution in [2.75, 3.05) is 20.2 Å². The summed E-state index contributed by atoms with van der Waals surface area (Å²) in [7, 11) is -2.24. The molecule has 2 rings (SSSR count). The Morgan fingerprint density at radius 1 is 1.48 bits per heavy atom. The van der Waals surface area contributed by atoms with Crippen molar-refractivity contribution in [2.45, 2.75) is 24.3 Å². The van der Waals surface area contributed by atoms with Crippen LogP contribution in [0, 0.1) is 18.3 Å². The number of ether oxygens (including phenoxy) is 1. The average molecular weight is 308 g/mol. The highest BCUT2D eigenvalue weighted by atomic mass is 32.2. The van der Waals surface area contributed by atoms with E-state index in [4.69, 9.17) is 16.9 Å². The first-order valence-corrected chi connectivity index (χ1v) is 8.27. The van der Waals surface area contributed by atoms with Crippen LogP contribution in [0.4, 0.5) is 0 Å². The van der Waals surface area contributed by atoms with E-state index in [0.717, 1.165) is 18.4 Å². The van der Waals surface area contributed by atoms with E-state index in [1.165, 1.54) is 11.4 Å². The molecule has 0 bridgehead atoms. The number of terminal acetylenes is 1. The Balaban J connectivity index is 2.42. The zero-order chi connectivity index (χ0) is 15.5. The second kappa shape index (κ2) is 6.48. The fourth-order valence-electron chi connectivity index (χ4n) is 2.13. The van der Waals surface area contributed by atoms with Crippen LogP contribution >= 0.6 is 0 Å². The lowest BCUT2D eigenvalue weighted by Crippen LogP contribution is -2.33. The molecule has 0 aromatic heterocycles. The third-order valence-corrected chi connectivity index (χ3v) is 5.34. The van der Waals surface area contributed by atoms with Crippen molar-refractivity contribution in [3.05, 3.63) is 23.8 Å². The minimum absolute atomic E-state index is 0.0643. The van der Waals surface area contributed by atoms with Gasteiger partial charge in [0, 0.05) is 13.1 Å². The zero-order valence-corrected chi connectivity index (χ0v) is 12.9. The molecular weight excluding hydrogens is 288 g/mol. The molecule has 1 aliphatic rings. The molecule has 0 atom stereocenters. The number of rotatable bonds is 7. The summed E-state index contributed by atoms with van der Waals surface area (Å²) in [5.41, 5.74) is 6.33. The summed E-state index contributed by atoms with van der Waals surface area (Å²) < 4.78 is 32.2. The summed E-state index contributed by atoms with van der Waals surface area (Å²) in [6, 6.07) is 4.94. The molecule has 0 heterocycles. The van der Waals surface area contributed by atoms with Crippen LogP contribution in [0.5, 0.6) is 5.75 Å². The van der Waals surface area contributed by atoms with E-state index in [9.17, 15) is 8.42 Å². The van der Waals surface area contributed by atoms with Crippen molar-refractivity contribution in [3.63, 3.8) is 0 Å². The summed E-state index contributed by atoms with van der Waals surface area (Å²) in [5.74, 6) is 3.15. The summed E-state index contributed by atoms with van der Waals surface area (Å²) in [5, 5.41) is 0. The third-order valence-electron chi connectivity index (χ3n) is 3.51. The van der Waals surface area contributed by atoms with E-state index >= 15 is 0 Å². The van der Waals surface area contributed by atoms with E-state index in [-0.39, 0.29) is 18.0 Å². The molecule has 5 nitrogen and oxygen atoms in total. The molecule has 1 aromatic carbocycles. The lowest BCUT2D eigenvalue weighted by Gasteiger charge is -2.21. The first-order valence-electron chi connectivity index (χ1n) is 6.83. The molecule has 0 saturated heterocycles. The number of hydrogen-bond donors (Lipinski definition) is 1. The Bertz CT molecular complexity index is 645. The van der Waals surface area contributed by atoms with Gasteiger partial charge in [-0.1, -0.05) is 12.0 Å². The van der Waals surface area contributed by atoms with Crippen molar-refractivity contribution < 1.29 is 13.2 Å². The molecule has 1 fully saturated rings. The van der Waals surface area contributed by atoms with E-state index in [0.29, 0.717) is 18.2 Å². The molecule has 0 radical (unpaired) electrons. The molecule has 1 saturated carbocycles. The highest BCUT2D eigenvalue weighted by Gasteiger charge is 2.33. The van der Waals surface area contributed by atoms with Gasteiger partial charge in [0.15, 0.2) is 0 Å². The number of sulfonamides is 1. The van der Waals surface area contributed by atoms with Gasteiger partial charge in [-0.25, -0.2) is 8.42 Å². The van der Waals surface area contributed by atoms with Gasteiger partial charge in [-0.05, 0) is 36.5 Å². The van der Waals surface area contributed by atoms with Crippen molar-refractivity contribution in [1.29, 1.82) is 0 Å². The normalized spacial score (nSPS) is 15.0. The van der Waals surface area contributed by atoms with Crippen LogP contribution in [-0.4, -0.2) is 32.9 Å². The van der Waals surface area contributed by atoms with E-state index in [1.54, 1.807) is 18.2 Å². The molecule has 6 heteroatoms. The summed E-state index contributed by atoms with van der Waals surface area (Å²) in [6.07, 6.45) is 7.42. The molecule has 0 amide bonds. The van der Waals surface area contributed by atoms with Crippen LogP contribution in [-0.2, 0) is 16.6 Å². The molecule has 21 heavy (non-hydrogen) atoms. The number of benzene rings is 1. The Morgan fingerprint density at radius 3 is 2.71 bits per heavy atom. The SMILES string of the molecule is C#CCN(CC1CC1)S(=O)(=O)c1cc(CN)ccc1OC. The molecular formula is C15H20N2O3S. The Kier molecular flexibility index (Phi) is 4.88. The fourth-order valence-corrected chi connectivity index (χ4v) is 3.76. The maximum absolute atomic E-state index is 12.8. The summed E-state index contributed by atoms with van der Waals surface area (Å²) in [6.45, 7) is 0.793. The predicted octanol–water partition coefficient (Wildman–Crippen LogP) is 1.19. The van der Waals surface area contributed by atoms with Crippen LogP contribution < -0.4 is 10.5 Å². The molecule has 0 unspecified atom stereocenters. The molecule has 114 valence electrons. The van der Waals surface area contributed by atoms with E-state index in [2.05, 4.69) is 5.92 Å². The summed E-state index contributed by atoms with van der Waals surface area (Å²) in [4.78, 5) is 0.129. The molecule has 0 aliphatic heterocycles. The van der Waals surface area contributed by atoms with Crippen molar-refractivity contribution >= 4 is 10.0 Å². The molecule has 2 N–H and O–H groups in total. The molecule has 0 spiro atoms. The van der Waals surface area contributed by atoms with E-state index < -0.39 is 10.0 Å². The monoisotopic (exact) mass is 308 g/mol. The van der Waals surface area contributed by atoms with Crippen LogP contribution in [0.3, 0.4) is 0 Å². The van der Waals surface area contributed by atoms with Crippen LogP contribution in [0.15, 0.2) is 23.1 Å². The number of nitrogens with two attached hydrogens (primary N) is 1. The van der Waals surface area contributed by atoms with E-state index in [1.807, 2.05) is 0 Å². The van der Waals surface area contributed by atoms with Gasteiger partial charge in [-0.2, -0.15) is 4.31 Å². The van der Waals surface area contributed by atoms with Gasteiger partial charge in [0.1, 0.15) is 10.6 Å². The Labute approximate surface area is 126 Å². The van der Waals surface area contributed by atoms with Gasteiger partial charge in [0.25, 0.3) is 0 Å². The highest BCUT2D eigenvalue weighted by Crippen LogP contribution is 2.33. The largest absolute Gasteiger partial charge is 0.495 e. The lowest BCUT2D eigenvalue weighted by molar-refractivity contribution is 0.393. The first-order chi connectivity index (χ1) is 10.0. The second-order valence-corrected chi connectivity index (χ2v) is 7.04. The van der Waals surface area contributed by atoms with Gasteiger partial charge >= 0.3 is 0 Å². The van der Waals surface area contributed by atoms with Gasteiger partial charge in [-0.15, -0.1) is 6.42 Å². The zero-order valence-electron chi connectivity index (χ0n) is 12.1. The Hall–Kier alpha value is -1.55.